The van der Waals surface area contributed by atoms with Gasteiger partial charge in [0.1, 0.15) is 0 Å². The first-order chi connectivity index (χ1) is 11.8. The number of rotatable bonds is 7. The van der Waals surface area contributed by atoms with Gasteiger partial charge in [-0.3, -0.25) is 9.59 Å². The predicted molar refractivity (Wildman–Crippen MR) is 96.3 cm³/mol. The van der Waals surface area contributed by atoms with Crippen LogP contribution in [0.3, 0.4) is 0 Å². The third kappa shape index (κ3) is 4.20. The summed E-state index contributed by atoms with van der Waals surface area (Å²) in [7, 11) is 0. The summed E-state index contributed by atoms with van der Waals surface area (Å²) in [5.74, 6) is -1.25. The lowest BCUT2D eigenvalue weighted by Gasteiger charge is -2.31. The van der Waals surface area contributed by atoms with Crippen molar-refractivity contribution in [3.8, 4) is 5.69 Å². The van der Waals surface area contributed by atoms with E-state index in [-0.39, 0.29) is 12.3 Å². The Kier molecular flexibility index (Phi) is 5.85. The van der Waals surface area contributed by atoms with Crippen molar-refractivity contribution >= 4 is 23.5 Å². The van der Waals surface area contributed by atoms with Crippen molar-refractivity contribution < 1.29 is 14.7 Å². The molecule has 25 heavy (non-hydrogen) atoms. The van der Waals surface area contributed by atoms with Crippen molar-refractivity contribution in [2.24, 2.45) is 0 Å². The van der Waals surface area contributed by atoms with Crippen molar-refractivity contribution in [1.29, 1.82) is 0 Å². The zero-order chi connectivity index (χ0) is 18.6. The van der Waals surface area contributed by atoms with Gasteiger partial charge in [-0.15, -0.1) is 0 Å². The second-order valence-electron chi connectivity index (χ2n) is 6.04. The van der Waals surface area contributed by atoms with Crippen LogP contribution < -0.4 is 5.32 Å². The maximum absolute atomic E-state index is 12.7. The maximum Gasteiger partial charge on any atom is 0.305 e. The second-order valence-corrected chi connectivity index (χ2v) is 6.48. The van der Waals surface area contributed by atoms with Crippen molar-refractivity contribution in [2.75, 3.05) is 0 Å². The van der Waals surface area contributed by atoms with Gasteiger partial charge in [0.2, 0.25) is 0 Å². The lowest BCUT2D eigenvalue weighted by molar-refractivity contribution is -0.138. The van der Waals surface area contributed by atoms with Crippen LogP contribution in [0.4, 0.5) is 0 Å². The third-order valence-electron chi connectivity index (χ3n) is 4.55. The quantitative estimate of drug-likeness (QED) is 0.787. The Morgan fingerprint density at radius 1 is 1.24 bits per heavy atom. The van der Waals surface area contributed by atoms with Crippen LogP contribution in [-0.4, -0.2) is 32.3 Å². The van der Waals surface area contributed by atoms with Crippen molar-refractivity contribution in [3.63, 3.8) is 0 Å². The summed E-state index contributed by atoms with van der Waals surface area (Å²) in [6.07, 6.45) is 2.45. The summed E-state index contributed by atoms with van der Waals surface area (Å²) in [4.78, 5) is 23.9. The summed E-state index contributed by atoms with van der Waals surface area (Å²) < 4.78 is 1.65. The molecule has 2 N–H and O–H groups in total. The highest BCUT2D eigenvalue weighted by atomic mass is 35.5. The average Bonchev–Trinajstić information content (AvgIpc) is 2.96. The number of carbonyl (C=O) groups is 2. The molecule has 1 amide bonds. The Labute approximate surface area is 151 Å². The minimum absolute atomic E-state index is 0.115. The molecule has 0 aliphatic carbocycles. The first-order valence-corrected chi connectivity index (χ1v) is 8.54. The van der Waals surface area contributed by atoms with E-state index in [0.29, 0.717) is 29.1 Å². The molecule has 7 heteroatoms. The van der Waals surface area contributed by atoms with Gasteiger partial charge in [0, 0.05) is 5.02 Å². The number of nitrogens with zero attached hydrogens (tertiary/aromatic N) is 2. The maximum atomic E-state index is 12.7. The van der Waals surface area contributed by atoms with E-state index in [1.165, 1.54) is 6.20 Å². The molecule has 6 nitrogen and oxygen atoms in total. The second kappa shape index (κ2) is 7.70. The SMILES string of the molecule is CCC(CC)(CC(=O)O)NC(=O)c1cnn(-c2ccc(Cl)cc2)c1C. The minimum atomic E-state index is -0.933. The molecular formula is C18H22ClN3O3. The smallest absolute Gasteiger partial charge is 0.305 e. The highest BCUT2D eigenvalue weighted by Crippen LogP contribution is 2.22. The van der Waals surface area contributed by atoms with Crippen LogP contribution >= 0.6 is 11.6 Å². The largest absolute Gasteiger partial charge is 0.481 e. The summed E-state index contributed by atoms with van der Waals surface area (Å²) in [6, 6.07) is 7.14. The van der Waals surface area contributed by atoms with Gasteiger partial charge < -0.3 is 10.4 Å². The highest BCUT2D eigenvalue weighted by molar-refractivity contribution is 6.30. The Morgan fingerprint density at radius 2 is 1.84 bits per heavy atom. The van der Waals surface area contributed by atoms with Crippen LogP contribution in [0, 0.1) is 6.92 Å². The summed E-state index contributed by atoms with van der Waals surface area (Å²) in [5.41, 5.74) is 1.13. The standard InChI is InChI=1S/C18H22ClN3O3/c1-4-18(5-2,10-16(23)24)21-17(25)15-11-20-22(12(15)3)14-8-6-13(19)7-9-14/h6-9,11H,4-5,10H2,1-3H3,(H,21,25)(H,23,24). The molecule has 0 saturated heterocycles. The van der Waals surface area contributed by atoms with E-state index in [9.17, 15) is 9.59 Å². The minimum Gasteiger partial charge on any atom is -0.481 e. The molecule has 0 spiro atoms. The zero-order valence-corrected chi connectivity index (χ0v) is 15.3. The highest BCUT2D eigenvalue weighted by Gasteiger charge is 2.32. The van der Waals surface area contributed by atoms with Crippen LogP contribution in [-0.2, 0) is 4.79 Å². The Hall–Kier alpha value is -2.34. The first-order valence-electron chi connectivity index (χ1n) is 8.16. The fraction of sp³-hybridized carbons (Fsp3) is 0.389. The molecule has 0 fully saturated rings. The van der Waals surface area contributed by atoms with Gasteiger partial charge in [-0.25, -0.2) is 4.68 Å². The van der Waals surface area contributed by atoms with Gasteiger partial charge in [0.15, 0.2) is 0 Å². The molecule has 0 atom stereocenters. The first kappa shape index (κ1) is 19.0. The molecule has 0 bridgehead atoms. The molecule has 0 unspecified atom stereocenters. The van der Waals surface area contributed by atoms with E-state index < -0.39 is 11.5 Å². The molecule has 1 aromatic heterocycles. The summed E-state index contributed by atoms with van der Waals surface area (Å²) in [6.45, 7) is 5.54. The number of carboxylic acid groups (broad SMARTS) is 1. The van der Waals surface area contributed by atoms with Crippen LogP contribution in [0.5, 0.6) is 0 Å². The average molecular weight is 364 g/mol. The van der Waals surface area contributed by atoms with Crippen molar-refractivity contribution in [1.82, 2.24) is 15.1 Å². The molecule has 0 radical (unpaired) electrons. The Balaban J connectivity index is 2.28. The van der Waals surface area contributed by atoms with Crippen LogP contribution in [0.2, 0.25) is 5.02 Å². The molecule has 0 aliphatic heterocycles. The van der Waals surface area contributed by atoms with Gasteiger partial charge in [0.05, 0.1) is 35.1 Å². The number of nitrogens with one attached hydrogen (secondary N) is 1. The zero-order valence-electron chi connectivity index (χ0n) is 14.5. The van der Waals surface area contributed by atoms with E-state index in [1.807, 2.05) is 26.0 Å². The van der Waals surface area contributed by atoms with Gasteiger partial charge in [0.25, 0.3) is 5.91 Å². The number of amides is 1. The van der Waals surface area contributed by atoms with E-state index >= 15 is 0 Å². The topological polar surface area (TPSA) is 84.2 Å². The number of aliphatic carboxylic acids is 1. The van der Waals surface area contributed by atoms with Crippen molar-refractivity contribution in [2.45, 2.75) is 45.6 Å². The summed E-state index contributed by atoms with van der Waals surface area (Å²) in [5, 5.41) is 16.9. The Morgan fingerprint density at radius 3 is 2.36 bits per heavy atom. The van der Waals surface area contributed by atoms with E-state index in [2.05, 4.69) is 10.4 Å². The number of aromatic nitrogens is 2. The molecule has 0 aliphatic rings. The molecule has 1 heterocycles. The fourth-order valence-electron chi connectivity index (χ4n) is 2.79. The lowest BCUT2D eigenvalue weighted by atomic mass is 9.88. The summed E-state index contributed by atoms with van der Waals surface area (Å²) >= 11 is 5.90. The number of carbonyl (C=O) groups excluding carboxylic acids is 1. The Bertz CT molecular complexity index is 764. The van der Waals surface area contributed by atoms with Crippen LogP contribution in [0.1, 0.15) is 49.2 Å². The molecular weight excluding hydrogens is 342 g/mol. The number of hydrogen-bond acceptors (Lipinski definition) is 3. The van der Waals surface area contributed by atoms with Crippen LogP contribution in [0.25, 0.3) is 5.69 Å². The molecule has 0 saturated carbocycles. The van der Waals surface area contributed by atoms with E-state index in [4.69, 9.17) is 16.7 Å². The monoisotopic (exact) mass is 363 g/mol. The van der Waals surface area contributed by atoms with E-state index in [1.54, 1.807) is 23.7 Å². The van der Waals surface area contributed by atoms with Crippen LogP contribution in [0.15, 0.2) is 30.5 Å². The lowest BCUT2D eigenvalue weighted by Crippen LogP contribution is -2.49. The van der Waals surface area contributed by atoms with Gasteiger partial charge in [-0.05, 0) is 44.0 Å². The predicted octanol–water partition coefficient (Wildman–Crippen LogP) is 3.60. The normalized spacial score (nSPS) is 11.4. The molecule has 1 aromatic carbocycles. The molecule has 2 rings (SSSR count). The van der Waals surface area contributed by atoms with E-state index in [0.717, 1.165) is 5.69 Å². The van der Waals surface area contributed by atoms with Gasteiger partial charge in [-0.1, -0.05) is 25.4 Å². The van der Waals surface area contributed by atoms with Crippen molar-refractivity contribution in [3.05, 3.63) is 46.7 Å². The number of halogens is 1. The molecule has 134 valence electrons. The number of benzene rings is 1. The number of hydrogen-bond donors (Lipinski definition) is 2. The fourth-order valence-corrected chi connectivity index (χ4v) is 2.92. The molecule has 2 aromatic rings. The van der Waals surface area contributed by atoms with Gasteiger partial charge in [-0.2, -0.15) is 5.10 Å². The third-order valence-corrected chi connectivity index (χ3v) is 4.80. The van der Waals surface area contributed by atoms with Gasteiger partial charge >= 0.3 is 5.97 Å². The number of carboxylic acids is 1.